The summed E-state index contributed by atoms with van der Waals surface area (Å²) in [6.45, 7) is 2.45. The van der Waals surface area contributed by atoms with Crippen LogP contribution in [0.4, 0.5) is 0 Å². The van der Waals surface area contributed by atoms with E-state index >= 15 is 0 Å². The normalized spacial score (nSPS) is 23.8. The van der Waals surface area contributed by atoms with Crippen molar-refractivity contribution in [3.05, 3.63) is 17.5 Å². The Morgan fingerprint density at radius 1 is 1.15 bits per heavy atom. The van der Waals surface area contributed by atoms with E-state index in [4.69, 9.17) is 4.52 Å². The van der Waals surface area contributed by atoms with Gasteiger partial charge in [0, 0.05) is 31.1 Å². The van der Waals surface area contributed by atoms with Gasteiger partial charge in [0.15, 0.2) is 5.69 Å². The predicted molar refractivity (Wildman–Crippen MR) is 95.4 cm³/mol. The molecule has 0 unspecified atom stereocenters. The second kappa shape index (κ2) is 7.28. The van der Waals surface area contributed by atoms with Crippen LogP contribution in [0.1, 0.15) is 60.7 Å². The van der Waals surface area contributed by atoms with E-state index in [0.29, 0.717) is 50.4 Å². The lowest BCUT2D eigenvalue weighted by Gasteiger charge is -2.35. The van der Waals surface area contributed by atoms with Crippen LogP contribution in [0.15, 0.2) is 10.6 Å². The number of rotatable bonds is 5. The molecule has 0 radical (unpaired) electrons. The number of hydrogen-bond donors (Lipinski definition) is 2. The lowest BCUT2D eigenvalue weighted by Crippen LogP contribution is -2.50. The number of aromatic nitrogens is 1. The van der Waals surface area contributed by atoms with Crippen LogP contribution in [-0.4, -0.2) is 61.3 Å². The van der Waals surface area contributed by atoms with Gasteiger partial charge in [-0.3, -0.25) is 4.79 Å². The zero-order chi connectivity index (χ0) is 18.1. The summed E-state index contributed by atoms with van der Waals surface area (Å²) in [7, 11) is -3.24. The van der Waals surface area contributed by atoms with Gasteiger partial charge in [-0.2, -0.15) is 0 Å². The number of carbonyl (C=O) groups excluding carboxylic acids is 1. The molecule has 144 valence electrons. The van der Waals surface area contributed by atoms with Gasteiger partial charge in [-0.1, -0.05) is 5.16 Å². The second-order valence-electron chi connectivity index (χ2n) is 7.53. The van der Waals surface area contributed by atoms with Crippen LogP contribution in [0.2, 0.25) is 0 Å². The van der Waals surface area contributed by atoms with E-state index in [1.54, 1.807) is 10.4 Å². The number of piperidine rings is 2. The maximum atomic E-state index is 12.8. The Morgan fingerprint density at radius 3 is 2.50 bits per heavy atom. The summed E-state index contributed by atoms with van der Waals surface area (Å²) in [5.41, 5.74) is 0.316. The minimum Gasteiger partial charge on any atom is -0.360 e. The molecule has 1 amide bonds. The van der Waals surface area contributed by atoms with Crippen molar-refractivity contribution in [3.8, 4) is 0 Å². The van der Waals surface area contributed by atoms with Gasteiger partial charge in [-0.05, 0) is 51.6 Å². The molecule has 3 aliphatic rings. The van der Waals surface area contributed by atoms with E-state index < -0.39 is 10.0 Å². The number of sulfonamides is 1. The minimum atomic E-state index is -3.24. The van der Waals surface area contributed by atoms with Crippen molar-refractivity contribution in [3.63, 3.8) is 0 Å². The molecule has 2 N–H and O–H groups in total. The molecule has 0 atom stereocenters. The van der Waals surface area contributed by atoms with E-state index in [2.05, 4.69) is 15.8 Å². The average molecular weight is 382 g/mol. The highest BCUT2D eigenvalue weighted by molar-refractivity contribution is 7.89. The maximum Gasteiger partial charge on any atom is 0.273 e. The first-order valence-electron chi connectivity index (χ1n) is 9.51. The van der Waals surface area contributed by atoms with Crippen molar-refractivity contribution < 1.29 is 17.7 Å². The summed E-state index contributed by atoms with van der Waals surface area (Å²) in [6.07, 6.45) is 4.80. The lowest BCUT2D eigenvalue weighted by atomic mass is 10.1. The molecule has 3 fully saturated rings. The summed E-state index contributed by atoms with van der Waals surface area (Å²) < 4.78 is 32.3. The number of amides is 1. The zero-order valence-corrected chi connectivity index (χ0v) is 15.6. The van der Waals surface area contributed by atoms with E-state index in [1.807, 2.05) is 0 Å². The van der Waals surface area contributed by atoms with E-state index in [9.17, 15) is 13.2 Å². The van der Waals surface area contributed by atoms with Gasteiger partial charge in [0.2, 0.25) is 10.0 Å². The van der Waals surface area contributed by atoms with Crippen LogP contribution < -0.4 is 10.6 Å². The Bertz CT molecular complexity index is 745. The molecule has 0 spiro atoms. The monoisotopic (exact) mass is 382 g/mol. The Morgan fingerprint density at radius 2 is 1.85 bits per heavy atom. The second-order valence-corrected chi connectivity index (χ2v) is 9.74. The van der Waals surface area contributed by atoms with Crippen molar-refractivity contribution >= 4 is 15.9 Å². The predicted octanol–water partition coefficient (Wildman–Crippen LogP) is 0.828. The fourth-order valence-corrected chi connectivity index (χ4v) is 5.75. The fourth-order valence-electron chi connectivity index (χ4n) is 3.77. The summed E-state index contributed by atoms with van der Waals surface area (Å²) >= 11 is 0. The van der Waals surface area contributed by atoms with Crippen LogP contribution in [0.3, 0.4) is 0 Å². The van der Waals surface area contributed by atoms with E-state index in [-0.39, 0.29) is 17.2 Å². The first kappa shape index (κ1) is 17.9. The molecule has 2 aliphatic heterocycles. The minimum absolute atomic E-state index is 0.0250. The first-order valence-corrected chi connectivity index (χ1v) is 11.0. The summed E-state index contributed by atoms with van der Waals surface area (Å²) in [6, 6.07) is 1.70. The molecule has 9 heteroatoms. The Labute approximate surface area is 153 Å². The zero-order valence-electron chi connectivity index (χ0n) is 14.8. The molecule has 1 aromatic rings. The third kappa shape index (κ3) is 3.79. The standard InChI is InChI=1S/C17H26N4O4S/c22-17(15-11-16(25-20-15)12-1-2-12)19-13-5-9-21(10-6-13)26(23,24)14-3-7-18-8-4-14/h11-14,18H,1-10H2,(H,19,22). The number of nitrogens with zero attached hydrogens (tertiary/aromatic N) is 2. The van der Waals surface area contributed by atoms with E-state index in [1.165, 1.54) is 0 Å². The quantitative estimate of drug-likeness (QED) is 0.782. The summed E-state index contributed by atoms with van der Waals surface area (Å²) in [5, 5.41) is 9.76. The molecule has 8 nitrogen and oxygen atoms in total. The largest absolute Gasteiger partial charge is 0.360 e. The Hall–Kier alpha value is -1.45. The maximum absolute atomic E-state index is 12.8. The molecule has 1 aromatic heterocycles. The van der Waals surface area contributed by atoms with Crippen LogP contribution in [0.5, 0.6) is 0 Å². The molecule has 4 rings (SSSR count). The third-order valence-electron chi connectivity index (χ3n) is 5.60. The van der Waals surface area contributed by atoms with Gasteiger partial charge < -0.3 is 15.2 Å². The molecule has 3 heterocycles. The molecular formula is C17H26N4O4S. The topological polar surface area (TPSA) is 105 Å². The number of nitrogens with one attached hydrogen (secondary N) is 2. The third-order valence-corrected chi connectivity index (χ3v) is 8.00. The SMILES string of the molecule is O=C(NC1CCN(S(=O)(=O)C2CCNCC2)CC1)c1cc(C2CC2)on1. The van der Waals surface area contributed by atoms with Crippen molar-refractivity contribution in [1.29, 1.82) is 0 Å². The first-order chi connectivity index (χ1) is 12.5. The van der Waals surface area contributed by atoms with Gasteiger partial charge >= 0.3 is 0 Å². The molecular weight excluding hydrogens is 356 g/mol. The fraction of sp³-hybridized carbons (Fsp3) is 0.765. The average Bonchev–Trinajstić information content (AvgIpc) is 3.39. The number of carbonyl (C=O) groups is 1. The lowest BCUT2D eigenvalue weighted by molar-refractivity contribution is 0.0914. The van der Waals surface area contributed by atoms with Gasteiger partial charge in [0.25, 0.3) is 5.91 Å². The summed E-state index contributed by atoms with van der Waals surface area (Å²) in [4.78, 5) is 12.3. The van der Waals surface area contributed by atoms with Crippen molar-refractivity contribution in [2.45, 2.75) is 55.7 Å². The van der Waals surface area contributed by atoms with Crippen LogP contribution in [0, 0.1) is 0 Å². The van der Waals surface area contributed by atoms with Crippen molar-refractivity contribution in [2.75, 3.05) is 26.2 Å². The Balaban J connectivity index is 1.29. The molecule has 1 saturated carbocycles. The highest BCUT2D eigenvalue weighted by Gasteiger charge is 2.36. The van der Waals surface area contributed by atoms with E-state index in [0.717, 1.165) is 31.7 Å². The highest BCUT2D eigenvalue weighted by Crippen LogP contribution is 2.40. The van der Waals surface area contributed by atoms with Crippen LogP contribution in [0.25, 0.3) is 0 Å². The summed E-state index contributed by atoms with van der Waals surface area (Å²) in [5.74, 6) is 0.978. The van der Waals surface area contributed by atoms with Crippen LogP contribution in [-0.2, 0) is 10.0 Å². The van der Waals surface area contributed by atoms with Crippen LogP contribution >= 0.6 is 0 Å². The van der Waals surface area contributed by atoms with Gasteiger partial charge in [-0.15, -0.1) is 0 Å². The van der Waals surface area contributed by atoms with Gasteiger partial charge in [-0.25, -0.2) is 12.7 Å². The molecule has 26 heavy (non-hydrogen) atoms. The van der Waals surface area contributed by atoms with Crippen molar-refractivity contribution in [2.24, 2.45) is 0 Å². The van der Waals surface area contributed by atoms with Gasteiger partial charge in [0.05, 0.1) is 5.25 Å². The smallest absolute Gasteiger partial charge is 0.273 e. The molecule has 0 bridgehead atoms. The molecule has 1 aliphatic carbocycles. The molecule has 2 saturated heterocycles. The number of hydrogen-bond acceptors (Lipinski definition) is 6. The van der Waals surface area contributed by atoms with Crippen molar-refractivity contribution in [1.82, 2.24) is 20.1 Å². The Kier molecular flexibility index (Phi) is 5.02. The molecule has 0 aromatic carbocycles. The highest BCUT2D eigenvalue weighted by atomic mass is 32.2. The van der Waals surface area contributed by atoms with Gasteiger partial charge in [0.1, 0.15) is 5.76 Å².